The van der Waals surface area contributed by atoms with Gasteiger partial charge in [-0.1, -0.05) is 30.3 Å². The van der Waals surface area contributed by atoms with Crippen LogP contribution in [0.5, 0.6) is 0 Å². The van der Waals surface area contributed by atoms with Crippen molar-refractivity contribution in [3.8, 4) is 11.3 Å². The van der Waals surface area contributed by atoms with Crippen LogP contribution in [0, 0.1) is 13.8 Å². The number of aromatic nitrogens is 5. The molecular formula is C17H16N6O. The Kier molecular flexibility index (Phi) is 3.45. The third kappa shape index (κ3) is 2.71. The van der Waals surface area contributed by atoms with E-state index in [1.54, 1.807) is 11.4 Å². The highest BCUT2D eigenvalue weighted by molar-refractivity contribution is 5.66. The molecule has 4 aromatic rings. The van der Waals surface area contributed by atoms with Crippen molar-refractivity contribution >= 4 is 11.5 Å². The molecule has 0 saturated heterocycles. The second kappa shape index (κ2) is 5.77. The first-order chi connectivity index (χ1) is 11.7. The number of benzene rings is 1. The van der Waals surface area contributed by atoms with Crippen molar-refractivity contribution in [2.75, 3.05) is 5.32 Å². The predicted molar refractivity (Wildman–Crippen MR) is 89.5 cm³/mol. The van der Waals surface area contributed by atoms with Gasteiger partial charge in [-0.15, -0.1) is 10.2 Å². The van der Waals surface area contributed by atoms with Crippen LogP contribution in [0.4, 0.5) is 5.82 Å². The Bertz CT molecular complexity index is 989. The first-order valence-corrected chi connectivity index (χ1v) is 7.65. The average Bonchev–Trinajstić information content (AvgIpc) is 3.18. The second-order valence-electron chi connectivity index (χ2n) is 5.52. The molecule has 0 fully saturated rings. The SMILES string of the molecule is Cc1cc2nc(-c3ccccc3)cc(NCc3nnc(C)o3)n2n1. The predicted octanol–water partition coefficient (Wildman–Crippen LogP) is 3.01. The van der Waals surface area contributed by atoms with Gasteiger partial charge >= 0.3 is 0 Å². The first kappa shape index (κ1) is 14.4. The molecule has 0 spiro atoms. The zero-order chi connectivity index (χ0) is 16.5. The summed E-state index contributed by atoms with van der Waals surface area (Å²) < 4.78 is 7.19. The minimum absolute atomic E-state index is 0.424. The standard InChI is InChI=1S/C17H16N6O/c1-11-8-16-19-14(13-6-4-3-5-7-13)9-15(23(16)22-11)18-10-17-21-20-12(2)24-17/h3-9,18H,10H2,1-2H3. The Labute approximate surface area is 138 Å². The van der Waals surface area contributed by atoms with E-state index in [1.165, 1.54) is 0 Å². The number of nitrogens with zero attached hydrogens (tertiary/aromatic N) is 5. The lowest BCUT2D eigenvalue weighted by Crippen LogP contribution is -2.07. The van der Waals surface area contributed by atoms with E-state index in [-0.39, 0.29) is 0 Å². The molecule has 0 radical (unpaired) electrons. The van der Waals surface area contributed by atoms with E-state index in [9.17, 15) is 0 Å². The zero-order valence-electron chi connectivity index (χ0n) is 13.4. The summed E-state index contributed by atoms with van der Waals surface area (Å²) in [7, 11) is 0. The largest absolute Gasteiger partial charge is 0.424 e. The highest BCUT2D eigenvalue weighted by Crippen LogP contribution is 2.22. The molecule has 0 unspecified atom stereocenters. The number of anilines is 1. The van der Waals surface area contributed by atoms with Crippen LogP contribution in [-0.2, 0) is 6.54 Å². The molecule has 0 aliphatic rings. The number of fused-ring (bicyclic) bond motifs is 1. The molecule has 0 aliphatic carbocycles. The van der Waals surface area contributed by atoms with Gasteiger partial charge in [-0.3, -0.25) is 0 Å². The summed E-state index contributed by atoms with van der Waals surface area (Å²) in [6, 6.07) is 14.0. The quantitative estimate of drug-likeness (QED) is 0.622. The summed E-state index contributed by atoms with van der Waals surface area (Å²) in [6.07, 6.45) is 0. The van der Waals surface area contributed by atoms with Gasteiger partial charge in [0.25, 0.3) is 0 Å². The first-order valence-electron chi connectivity index (χ1n) is 7.65. The number of rotatable bonds is 4. The maximum Gasteiger partial charge on any atom is 0.235 e. The van der Waals surface area contributed by atoms with Crippen molar-refractivity contribution < 1.29 is 4.42 Å². The van der Waals surface area contributed by atoms with Crippen LogP contribution < -0.4 is 5.32 Å². The smallest absolute Gasteiger partial charge is 0.235 e. The molecule has 3 aromatic heterocycles. The van der Waals surface area contributed by atoms with Gasteiger partial charge in [0.1, 0.15) is 5.82 Å². The van der Waals surface area contributed by atoms with Gasteiger partial charge in [0.2, 0.25) is 11.8 Å². The van der Waals surface area contributed by atoms with E-state index in [4.69, 9.17) is 9.40 Å². The fraction of sp³-hybridized carbons (Fsp3) is 0.176. The topological polar surface area (TPSA) is 81.1 Å². The lowest BCUT2D eigenvalue weighted by molar-refractivity contribution is 0.474. The number of aryl methyl sites for hydroxylation is 2. The molecular weight excluding hydrogens is 304 g/mol. The van der Waals surface area contributed by atoms with Crippen LogP contribution >= 0.6 is 0 Å². The van der Waals surface area contributed by atoms with Gasteiger partial charge in [0.15, 0.2) is 5.65 Å². The van der Waals surface area contributed by atoms with Crippen LogP contribution in [0.1, 0.15) is 17.5 Å². The second-order valence-corrected chi connectivity index (χ2v) is 5.52. The van der Waals surface area contributed by atoms with E-state index in [0.29, 0.717) is 18.3 Å². The summed E-state index contributed by atoms with van der Waals surface area (Å²) in [5.41, 5.74) is 3.63. The molecule has 0 saturated carbocycles. The monoisotopic (exact) mass is 320 g/mol. The van der Waals surface area contributed by atoms with Crippen LogP contribution in [0.3, 0.4) is 0 Å². The van der Waals surface area contributed by atoms with Gasteiger partial charge in [-0.2, -0.15) is 9.61 Å². The van der Waals surface area contributed by atoms with Crippen LogP contribution in [-0.4, -0.2) is 24.8 Å². The molecule has 0 amide bonds. The maximum atomic E-state index is 5.41. The van der Waals surface area contributed by atoms with Crippen LogP contribution in [0.25, 0.3) is 16.9 Å². The van der Waals surface area contributed by atoms with Crippen molar-refractivity contribution in [1.82, 2.24) is 24.8 Å². The van der Waals surface area contributed by atoms with E-state index in [0.717, 1.165) is 28.4 Å². The molecule has 24 heavy (non-hydrogen) atoms. The Morgan fingerprint density at radius 1 is 1.08 bits per heavy atom. The minimum Gasteiger partial charge on any atom is -0.424 e. The van der Waals surface area contributed by atoms with Crippen molar-refractivity contribution in [3.05, 3.63) is 59.9 Å². The normalized spacial score (nSPS) is 11.1. The zero-order valence-corrected chi connectivity index (χ0v) is 13.4. The average molecular weight is 320 g/mol. The molecule has 120 valence electrons. The fourth-order valence-electron chi connectivity index (χ4n) is 2.55. The number of hydrogen-bond donors (Lipinski definition) is 1. The minimum atomic E-state index is 0.424. The van der Waals surface area contributed by atoms with Gasteiger partial charge in [-0.25, -0.2) is 4.98 Å². The van der Waals surface area contributed by atoms with E-state index < -0.39 is 0 Å². The molecule has 3 heterocycles. The Morgan fingerprint density at radius 2 is 1.92 bits per heavy atom. The summed E-state index contributed by atoms with van der Waals surface area (Å²) in [5.74, 6) is 1.90. The number of hydrogen-bond acceptors (Lipinski definition) is 6. The number of nitrogens with one attached hydrogen (secondary N) is 1. The highest BCUT2D eigenvalue weighted by Gasteiger charge is 2.11. The molecule has 0 atom stereocenters. The summed E-state index contributed by atoms with van der Waals surface area (Å²) >= 11 is 0. The van der Waals surface area contributed by atoms with E-state index >= 15 is 0 Å². The molecule has 1 N–H and O–H groups in total. The summed E-state index contributed by atoms with van der Waals surface area (Å²) in [6.45, 7) is 4.14. The van der Waals surface area contributed by atoms with Crippen molar-refractivity contribution in [2.45, 2.75) is 20.4 Å². The third-order valence-corrected chi connectivity index (χ3v) is 3.61. The molecule has 7 heteroatoms. The van der Waals surface area contributed by atoms with Crippen molar-refractivity contribution in [2.24, 2.45) is 0 Å². The summed E-state index contributed by atoms with van der Waals surface area (Å²) in [5, 5.41) is 15.6. The molecule has 0 aliphatic heterocycles. The van der Waals surface area contributed by atoms with Crippen molar-refractivity contribution in [1.29, 1.82) is 0 Å². The fourth-order valence-corrected chi connectivity index (χ4v) is 2.55. The van der Waals surface area contributed by atoms with E-state index in [2.05, 4.69) is 20.6 Å². The molecule has 7 nitrogen and oxygen atoms in total. The van der Waals surface area contributed by atoms with Gasteiger partial charge in [0.05, 0.1) is 17.9 Å². The Balaban J connectivity index is 1.74. The molecule has 1 aromatic carbocycles. The van der Waals surface area contributed by atoms with Gasteiger partial charge in [0, 0.05) is 24.6 Å². The highest BCUT2D eigenvalue weighted by atomic mass is 16.4. The molecule has 0 bridgehead atoms. The van der Waals surface area contributed by atoms with Crippen LogP contribution in [0.2, 0.25) is 0 Å². The lowest BCUT2D eigenvalue weighted by Gasteiger charge is -2.09. The van der Waals surface area contributed by atoms with Gasteiger partial charge in [-0.05, 0) is 6.92 Å². The van der Waals surface area contributed by atoms with Crippen LogP contribution in [0.15, 0.2) is 46.9 Å². The van der Waals surface area contributed by atoms with Crippen molar-refractivity contribution in [3.63, 3.8) is 0 Å². The maximum absolute atomic E-state index is 5.41. The molecule has 4 rings (SSSR count). The van der Waals surface area contributed by atoms with Gasteiger partial charge < -0.3 is 9.73 Å². The Morgan fingerprint density at radius 3 is 2.67 bits per heavy atom. The lowest BCUT2D eigenvalue weighted by atomic mass is 10.1. The van der Waals surface area contributed by atoms with E-state index in [1.807, 2.05) is 49.4 Å². The third-order valence-electron chi connectivity index (χ3n) is 3.61. The Hall–Kier alpha value is -3.22. The summed E-state index contributed by atoms with van der Waals surface area (Å²) in [4.78, 5) is 4.70.